The average molecular weight is 359 g/mol. The van der Waals surface area contributed by atoms with E-state index in [0.717, 1.165) is 16.7 Å². The van der Waals surface area contributed by atoms with Crippen LogP contribution in [0.5, 0.6) is 0 Å². The number of imide groups is 1. The molecule has 0 radical (unpaired) electrons. The molecule has 0 saturated carbocycles. The number of anilines is 1. The number of hydrogen-bond donors (Lipinski definition) is 2. The lowest BCUT2D eigenvalue weighted by molar-refractivity contribution is -0.125. The number of benzene rings is 1. The molecule has 1 aromatic carbocycles. The summed E-state index contributed by atoms with van der Waals surface area (Å²) in [5, 5.41) is 11.3. The van der Waals surface area contributed by atoms with Gasteiger partial charge in [-0.05, 0) is 30.0 Å². The molecule has 106 valence electrons. The molecule has 2 N–H and O–H groups in total. The number of amides is 2. The normalized spacial score (nSPS) is 18.4. The molecule has 2 rings (SSSR count). The molecule has 1 aliphatic heterocycles. The SMILES string of the molecule is O=C(O)c1cccc(N[C@H]2SC(=O)N(CCBr)C2=O)c1. The van der Waals surface area contributed by atoms with Gasteiger partial charge in [-0.25, -0.2) is 4.79 Å². The minimum absolute atomic E-state index is 0.120. The Morgan fingerprint density at radius 3 is 2.85 bits per heavy atom. The number of alkyl halides is 1. The van der Waals surface area contributed by atoms with Crippen molar-refractivity contribution in [1.82, 2.24) is 4.90 Å². The van der Waals surface area contributed by atoms with E-state index in [0.29, 0.717) is 17.6 Å². The molecule has 8 heteroatoms. The summed E-state index contributed by atoms with van der Waals surface area (Å²) in [6, 6.07) is 6.11. The first-order chi connectivity index (χ1) is 9.52. The van der Waals surface area contributed by atoms with Gasteiger partial charge in [-0.3, -0.25) is 14.5 Å². The van der Waals surface area contributed by atoms with Crippen LogP contribution in [0.2, 0.25) is 0 Å². The molecule has 20 heavy (non-hydrogen) atoms. The van der Waals surface area contributed by atoms with E-state index in [4.69, 9.17) is 5.11 Å². The first-order valence-electron chi connectivity index (χ1n) is 5.71. The summed E-state index contributed by atoms with van der Waals surface area (Å²) in [5.74, 6) is -1.36. The lowest BCUT2D eigenvalue weighted by Gasteiger charge is -2.13. The van der Waals surface area contributed by atoms with Crippen LogP contribution in [0.15, 0.2) is 24.3 Å². The molecule has 2 amide bonds. The molecule has 6 nitrogen and oxygen atoms in total. The number of aromatic carboxylic acids is 1. The summed E-state index contributed by atoms with van der Waals surface area (Å²) in [5.41, 5.74) is 0.610. The zero-order valence-corrected chi connectivity index (χ0v) is 12.6. The van der Waals surface area contributed by atoms with Crippen molar-refractivity contribution < 1.29 is 19.5 Å². The third kappa shape index (κ3) is 3.13. The van der Waals surface area contributed by atoms with E-state index in [2.05, 4.69) is 21.2 Å². The smallest absolute Gasteiger partial charge is 0.335 e. The Hall–Kier alpha value is -1.54. The highest BCUT2D eigenvalue weighted by Crippen LogP contribution is 2.28. The quantitative estimate of drug-likeness (QED) is 0.784. The first kappa shape index (κ1) is 14.9. The molecular weight excluding hydrogens is 348 g/mol. The molecule has 1 heterocycles. The van der Waals surface area contributed by atoms with Crippen molar-refractivity contribution in [1.29, 1.82) is 0 Å². The van der Waals surface area contributed by atoms with Crippen LogP contribution in [0.25, 0.3) is 0 Å². The number of halogens is 1. The standard InChI is InChI=1S/C12H11BrN2O4S/c13-4-5-15-10(16)9(20-12(15)19)14-8-3-1-2-7(6-8)11(17)18/h1-3,6,9,14H,4-5H2,(H,17,18)/t9-/m0/s1. The van der Waals surface area contributed by atoms with Crippen molar-refractivity contribution in [2.45, 2.75) is 5.37 Å². The summed E-state index contributed by atoms with van der Waals surface area (Å²) in [4.78, 5) is 35.7. The largest absolute Gasteiger partial charge is 0.478 e. The number of nitrogens with one attached hydrogen (secondary N) is 1. The fraction of sp³-hybridized carbons (Fsp3) is 0.250. The van der Waals surface area contributed by atoms with Gasteiger partial charge in [0.05, 0.1) is 5.56 Å². The zero-order chi connectivity index (χ0) is 14.7. The Kier molecular flexibility index (Phi) is 4.66. The maximum absolute atomic E-state index is 12.0. The summed E-state index contributed by atoms with van der Waals surface area (Å²) < 4.78 is 0. The summed E-state index contributed by atoms with van der Waals surface area (Å²) in [7, 11) is 0. The maximum atomic E-state index is 12.0. The van der Waals surface area contributed by atoms with E-state index in [-0.39, 0.29) is 16.7 Å². The highest BCUT2D eigenvalue weighted by molar-refractivity contribution is 9.09. The van der Waals surface area contributed by atoms with Crippen molar-refractivity contribution >= 4 is 50.5 Å². The molecule has 0 aromatic heterocycles. The Balaban J connectivity index is 2.11. The van der Waals surface area contributed by atoms with E-state index < -0.39 is 11.3 Å². The zero-order valence-electron chi connectivity index (χ0n) is 10.2. The van der Waals surface area contributed by atoms with Crippen molar-refractivity contribution in [3.63, 3.8) is 0 Å². The van der Waals surface area contributed by atoms with Gasteiger partial charge in [-0.2, -0.15) is 0 Å². The van der Waals surface area contributed by atoms with Gasteiger partial charge in [-0.15, -0.1) is 0 Å². The molecule has 0 spiro atoms. The van der Waals surface area contributed by atoms with Crippen LogP contribution < -0.4 is 5.32 Å². The number of thioether (sulfide) groups is 1. The van der Waals surface area contributed by atoms with Crippen LogP contribution in [0.4, 0.5) is 10.5 Å². The minimum atomic E-state index is -1.05. The van der Waals surface area contributed by atoms with Crippen LogP contribution in [-0.2, 0) is 4.79 Å². The highest BCUT2D eigenvalue weighted by atomic mass is 79.9. The predicted molar refractivity (Wildman–Crippen MR) is 79.3 cm³/mol. The number of carbonyl (C=O) groups excluding carboxylic acids is 2. The molecule has 1 aliphatic rings. The third-order valence-corrected chi connectivity index (χ3v) is 3.98. The van der Waals surface area contributed by atoms with Crippen LogP contribution >= 0.6 is 27.7 Å². The topological polar surface area (TPSA) is 86.7 Å². The molecule has 1 aromatic rings. The van der Waals surface area contributed by atoms with Gasteiger partial charge < -0.3 is 10.4 Å². The average Bonchev–Trinajstić information content (AvgIpc) is 2.67. The van der Waals surface area contributed by atoms with E-state index in [1.807, 2.05) is 0 Å². The Morgan fingerprint density at radius 2 is 2.20 bits per heavy atom. The number of rotatable bonds is 5. The molecule has 0 bridgehead atoms. The number of hydrogen-bond acceptors (Lipinski definition) is 5. The fourth-order valence-corrected chi connectivity index (χ4v) is 3.00. The summed E-state index contributed by atoms with van der Waals surface area (Å²) in [6.07, 6.45) is 0. The Labute approximate surface area is 127 Å². The second-order valence-corrected chi connectivity index (χ2v) is 5.82. The van der Waals surface area contributed by atoms with Crippen LogP contribution in [0.3, 0.4) is 0 Å². The van der Waals surface area contributed by atoms with Gasteiger partial charge in [0.25, 0.3) is 11.1 Å². The lowest BCUT2D eigenvalue weighted by Crippen LogP contribution is -2.35. The van der Waals surface area contributed by atoms with Crippen LogP contribution in [-0.4, -0.2) is 44.4 Å². The molecule has 0 aliphatic carbocycles. The van der Waals surface area contributed by atoms with Gasteiger partial charge in [0.15, 0.2) is 5.37 Å². The monoisotopic (exact) mass is 358 g/mol. The van der Waals surface area contributed by atoms with Crippen molar-refractivity contribution in [2.24, 2.45) is 0 Å². The molecule has 0 unspecified atom stereocenters. The fourth-order valence-electron chi connectivity index (χ4n) is 1.72. The van der Waals surface area contributed by atoms with Crippen molar-refractivity contribution in [2.75, 3.05) is 17.2 Å². The van der Waals surface area contributed by atoms with E-state index in [1.165, 1.54) is 12.1 Å². The Bertz CT molecular complexity index is 566. The highest BCUT2D eigenvalue weighted by Gasteiger charge is 2.39. The van der Waals surface area contributed by atoms with Crippen LogP contribution in [0.1, 0.15) is 10.4 Å². The summed E-state index contributed by atoms with van der Waals surface area (Å²) in [6.45, 7) is 0.317. The van der Waals surface area contributed by atoms with Crippen LogP contribution in [0, 0.1) is 0 Å². The predicted octanol–water partition coefficient (Wildman–Crippen LogP) is 2.21. The van der Waals surface area contributed by atoms with Gasteiger partial charge in [0.2, 0.25) is 0 Å². The second-order valence-electron chi connectivity index (χ2n) is 3.97. The minimum Gasteiger partial charge on any atom is -0.478 e. The number of carbonyl (C=O) groups is 3. The van der Waals surface area contributed by atoms with Gasteiger partial charge >= 0.3 is 5.97 Å². The number of nitrogens with zero attached hydrogens (tertiary/aromatic N) is 1. The van der Waals surface area contributed by atoms with Crippen molar-refractivity contribution in [3.8, 4) is 0 Å². The third-order valence-electron chi connectivity index (χ3n) is 2.64. The number of carboxylic acids is 1. The molecule has 1 atom stereocenters. The molecule has 1 fully saturated rings. The first-order valence-corrected chi connectivity index (χ1v) is 7.71. The van der Waals surface area contributed by atoms with Gasteiger partial charge in [-0.1, -0.05) is 22.0 Å². The number of carboxylic acid groups (broad SMARTS) is 1. The van der Waals surface area contributed by atoms with Crippen molar-refractivity contribution in [3.05, 3.63) is 29.8 Å². The molecule has 1 saturated heterocycles. The van der Waals surface area contributed by atoms with E-state index >= 15 is 0 Å². The second kappa shape index (κ2) is 6.27. The van der Waals surface area contributed by atoms with Gasteiger partial charge in [0.1, 0.15) is 0 Å². The van der Waals surface area contributed by atoms with E-state index in [1.54, 1.807) is 12.1 Å². The Morgan fingerprint density at radius 1 is 1.45 bits per heavy atom. The maximum Gasteiger partial charge on any atom is 0.335 e. The summed E-state index contributed by atoms with van der Waals surface area (Å²) >= 11 is 4.07. The molecular formula is C12H11BrN2O4S. The van der Waals surface area contributed by atoms with E-state index in [9.17, 15) is 14.4 Å². The lowest BCUT2D eigenvalue weighted by atomic mass is 10.2. The van der Waals surface area contributed by atoms with Gasteiger partial charge in [0, 0.05) is 17.6 Å².